The maximum Gasteiger partial charge on any atom is 0.335 e. The molecule has 2 aliphatic rings. The lowest BCUT2D eigenvalue weighted by molar-refractivity contribution is -0.941. The third kappa shape index (κ3) is 46.6. The molecule has 14 N–H and O–H groups in total. The number of nitrogens with two attached hydrogens (primary N) is 1. The average molecular weight is 1970 g/mol. The van der Waals surface area contributed by atoms with Crippen molar-refractivity contribution in [3.63, 3.8) is 0 Å². The molecule has 43 heteroatoms. The number of ketones is 1. The largest absolute Gasteiger partial charge is 0.481 e. The zero-order valence-electron chi connectivity index (χ0n) is 81.1. The summed E-state index contributed by atoms with van der Waals surface area (Å²) in [6, 6.07) is 9.79. The van der Waals surface area contributed by atoms with E-state index in [4.69, 9.17) is 86.9 Å². The maximum absolute atomic E-state index is 15.3. The van der Waals surface area contributed by atoms with Crippen molar-refractivity contribution in [3.05, 3.63) is 75.7 Å². The van der Waals surface area contributed by atoms with E-state index in [2.05, 4.69) is 31.9 Å². The highest BCUT2D eigenvalue weighted by Crippen LogP contribution is 2.37. The summed E-state index contributed by atoms with van der Waals surface area (Å²) in [4.78, 5) is 154. The normalized spacial score (nSPS) is 18.9. The van der Waals surface area contributed by atoms with Gasteiger partial charge in [-0.1, -0.05) is 71.4 Å². The number of carbonyl (C=O) groups is 11. The molecular formula is C94H153N10O32S+. The molecule has 0 saturated carbocycles. The van der Waals surface area contributed by atoms with E-state index in [0.717, 1.165) is 12.0 Å². The highest BCUT2D eigenvalue weighted by atomic mass is 32.1. The van der Waals surface area contributed by atoms with Crippen LogP contribution in [0.1, 0.15) is 164 Å². The second-order valence-electron chi connectivity index (χ2n) is 34.3. The number of aromatic nitrogens is 1. The third-order valence-electron chi connectivity index (χ3n) is 23.3. The lowest BCUT2D eigenvalue weighted by atomic mass is 9.82. The number of carboxylic acid groups (broad SMARTS) is 3. The lowest BCUT2D eigenvalue weighted by Gasteiger charge is -2.45. The number of nitrogens with one attached hydrogen (secondary N) is 6. The first kappa shape index (κ1) is 119. The van der Waals surface area contributed by atoms with Gasteiger partial charge in [-0.25, -0.2) is 9.78 Å². The number of ether oxygens (including phenoxy) is 15. The molecule has 0 aliphatic carbocycles. The molecule has 1 unspecified atom stereocenters. The minimum Gasteiger partial charge on any atom is -0.481 e. The summed E-state index contributed by atoms with van der Waals surface area (Å²) in [7, 11) is 5.29. The van der Waals surface area contributed by atoms with E-state index in [-0.39, 0.29) is 129 Å². The van der Waals surface area contributed by atoms with E-state index in [1.807, 2.05) is 72.0 Å². The number of aliphatic hydroxyl groups excluding tert-OH is 3. The van der Waals surface area contributed by atoms with Gasteiger partial charge in [-0.3, -0.25) is 47.9 Å². The molecule has 2 fully saturated rings. The van der Waals surface area contributed by atoms with Gasteiger partial charge in [0.2, 0.25) is 41.7 Å². The summed E-state index contributed by atoms with van der Waals surface area (Å²) in [5, 5.41) is 79.7. The van der Waals surface area contributed by atoms with Crippen LogP contribution in [0, 0.1) is 23.7 Å². The van der Waals surface area contributed by atoms with Crippen molar-refractivity contribution in [1.29, 1.82) is 0 Å². The Morgan fingerprint density at radius 1 is 0.606 bits per heavy atom. The highest BCUT2D eigenvalue weighted by Gasteiger charge is 2.49. The Hall–Kier alpha value is -8.52. The first-order chi connectivity index (χ1) is 65.8. The first-order valence-corrected chi connectivity index (χ1v) is 48.4. The molecule has 3 aromatic rings. The SMILES string of the molecule is CCO[C@H](C[C@H](C(C)C)N(C)C(=O)[C@@H](CC(=O)[C@H]1CCCC[N+]1(C)Cc1ccc(O[C@@H]2O[C@H](C(=O)O)[C@@H](O)[C@H](O)[C@H]2O)c(NC(=O)CCNC(=O)[C@H](CCCCNC(=O)CCOCCOCCOCCOCCOCCOCCOCCOCCOCCOCCOCCOC)NC(=O)[C@H](CN)NC(=O)CCC(=O)O)c1)[C@@H](C)CC)c1nc(C(=O)N[C@@H](Cc2ccccc2)C[C@H](C)C(=O)O)cs1. The smallest absolute Gasteiger partial charge is 0.335 e. The molecule has 137 heavy (non-hydrogen) atoms. The summed E-state index contributed by atoms with van der Waals surface area (Å²) in [5.74, 6) is -10.3. The van der Waals surface area contributed by atoms with Gasteiger partial charge in [-0.2, -0.15) is 0 Å². The predicted octanol–water partition coefficient (Wildman–Crippen LogP) is 3.38. The van der Waals surface area contributed by atoms with Crippen LogP contribution < -0.4 is 42.4 Å². The highest BCUT2D eigenvalue weighted by molar-refractivity contribution is 7.09. The number of carboxylic acids is 3. The van der Waals surface area contributed by atoms with Crippen LogP contribution in [0.25, 0.3) is 0 Å². The number of unbranched alkanes of at least 4 members (excludes halogenated alkanes) is 1. The van der Waals surface area contributed by atoms with Crippen LogP contribution >= 0.6 is 11.3 Å². The average Bonchev–Trinajstić information content (AvgIpc) is 1.29. The summed E-state index contributed by atoms with van der Waals surface area (Å²) in [6.07, 6.45) is -8.36. The van der Waals surface area contributed by atoms with Crippen molar-refractivity contribution in [2.45, 2.75) is 211 Å². The number of benzene rings is 2. The number of aliphatic carboxylic acids is 3. The number of Topliss-reactive ketones (excluding diaryl/α,β-unsaturated/α-hetero) is 1. The molecule has 0 spiro atoms. The fraction of sp³-hybridized carbons (Fsp3) is 0.723. The number of aliphatic hydroxyl groups is 3. The number of carbonyl (C=O) groups excluding carboxylic acids is 8. The number of thiazole rings is 1. The van der Waals surface area contributed by atoms with E-state index in [0.29, 0.717) is 188 Å². The first-order valence-electron chi connectivity index (χ1n) is 47.5. The van der Waals surface area contributed by atoms with Crippen LogP contribution in [0.4, 0.5) is 5.69 Å². The number of hydrogen-bond acceptors (Lipinski definition) is 32. The van der Waals surface area contributed by atoms with Gasteiger partial charge >= 0.3 is 17.9 Å². The van der Waals surface area contributed by atoms with E-state index in [1.165, 1.54) is 17.4 Å². The van der Waals surface area contributed by atoms with E-state index >= 15 is 9.59 Å². The number of methoxy groups -OCH3 is 1. The Labute approximate surface area is 807 Å². The van der Waals surface area contributed by atoms with Crippen molar-refractivity contribution >= 4 is 82.1 Å². The Kier molecular flexibility index (Phi) is 59.5. The molecule has 0 bridgehead atoms. The van der Waals surface area contributed by atoms with Crippen molar-refractivity contribution in [1.82, 2.24) is 36.5 Å². The van der Waals surface area contributed by atoms with Gasteiger partial charge in [0.25, 0.3) is 5.91 Å². The predicted molar refractivity (Wildman–Crippen MR) is 500 cm³/mol. The standard InChI is InChI=1S/C94H152N10O32S/c1-10-64(5)69(91(117)103(7)74(63(3)4)59-78(134-11-2)90-102-73(62-137-90)89(116)98-68(55-65(6)92(118)119)56-66-19-13-12-14-20-66)58-76(105)75-22-16-18-31-104(75,8)61-67-23-24-77(135-94-85(113)83(111)84(112)86(136-94)93(120)121)71(57-67)99-81(108)27-30-97-87(114)70(101-88(115)72(60-95)100-80(107)25-26-82(109)110)21-15-17-29-96-79(106)28-32-123-35-36-125-39-40-127-43-44-129-47-48-131-51-52-133-54-53-132-50-49-130-46-45-128-42-41-126-38-37-124-34-33-122-9/h12-14,19-20,23-24,57,62-65,68-70,72,74-75,78,83-86,94,111-113H,10-11,15-18,21-22,25-56,58-61,95H2,1-9H3,(H8-,96,97,98,99,100,101,106,107,108,109,110,114,115,116,118,119,120,121)/p+1/t64-,65-,68+,69-,70-,72-,74+,75+,78+,83-,84-,85+,86-,94+,104?/m0/s1. The number of amides is 7. The number of hydrogen-bond donors (Lipinski definition) is 13. The molecule has 776 valence electrons. The summed E-state index contributed by atoms with van der Waals surface area (Å²) >= 11 is 1.24. The number of rotatable bonds is 78. The van der Waals surface area contributed by atoms with E-state index < -0.39 is 152 Å². The Morgan fingerprint density at radius 2 is 1.18 bits per heavy atom. The third-order valence-corrected chi connectivity index (χ3v) is 24.2. The zero-order chi connectivity index (χ0) is 100. The lowest BCUT2D eigenvalue weighted by Crippen LogP contribution is -2.61. The number of anilines is 1. The van der Waals surface area contributed by atoms with Gasteiger partial charge in [0.05, 0.1) is 184 Å². The quantitative estimate of drug-likeness (QED) is 0.0284. The van der Waals surface area contributed by atoms with Gasteiger partial charge in [0.1, 0.15) is 65.5 Å². The van der Waals surface area contributed by atoms with Crippen molar-refractivity contribution < 1.29 is 159 Å². The molecule has 2 aromatic carbocycles. The molecule has 7 amide bonds. The Balaban J connectivity index is 1.12. The molecule has 3 heterocycles. The molecule has 42 nitrogen and oxygen atoms in total. The maximum atomic E-state index is 15.3. The Morgan fingerprint density at radius 3 is 1.70 bits per heavy atom. The number of piperidine rings is 1. The molecule has 15 atom stereocenters. The summed E-state index contributed by atoms with van der Waals surface area (Å²) < 4.78 is 83.5. The molecule has 0 radical (unpaired) electrons. The van der Waals surface area contributed by atoms with Crippen LogP contribution in [-0.2, 0) is 127 Å². The van der Waals surface area contributed by atoms with E-state index in [9.17, 15) is 68.7 Å². The Bertz CT molecular complexity index is 3990. The van der Waals surface area contributed by atoms with Gasteiger partial charge in [-0.05, 0) is 87.5 Å². The summed E-state index contributed by atoms with van der Waals surface area (Å²) in [5.41, 5.74) is 7.44. The minimum absolute atomic E-state index is 0.0226. The van der Waals surface area contributed by atoms with Gasteiger partial charge < -0.3 is 149 Å². The van der Waals surface area contributed by atoms with Crippen molar-refractivity contribution in [2.75, 3.05) is 211 Å². The second kappa shape index (κ2) is 68.6. The fourth-order valence-corrected chi connectivity index (χ4v) is 16.2. The zero-order valence-corrected chi connectivity index (χ0v) is 81.9. The number of likely N-dealkylation sites (N-methyl/N-ethyl adjacent to an activating group) is 1. The van der Waals surface area contributed by atoms with Crippen LogP contribution in [0.15, 0.2) is 53.9 Å². The number of nitrogens with zero attached hydrogens (tertiary/aromatic N) is 3. The van der Waals surface area contributed by atoms with Gasteiger partial charge in [0, 0.05) is 108 Å². The molecule has 2 saturated heterocycles. The molecule has 5 rings (SSSR count). The van der Waals surface area contributed by atoms with Crippen LogP contribution in [-0.4, -0.2) is 377 Å². The topological polar surface area (TPSA) is 562 Å². The van der Waals surface area contributed by atoms with Gasteiger partial charge in [-0.15, -0.1) is 11.3 Å². The van der Waals surface area contributed by atoms with Crippen LogP contribution in [0.3, 0.4) is 0 Å². The van der Waals surface area contributed by atoms with E-state index in [1.54, 1.807) is 43.5 Å². The fourth-order valence-electron chi connectivity index (χ4n) is 15.4. The van der Waals surface area contributed by atoms with Crippen LogP contribution in [0.2, 0.25) is 0 Å². The molecule has 1 aromatic heterocycles. The molecular weight excluding hydrogens is 1810 g/mol. The summed E-state index contributed by atoms with van der Waals surface area (Å²) in [6.45, 7) is 21.0. The van der Waals surface area contributed by atoms with Gasteiger partial charge in [0.15, 0.2) is 11.9 Å². The van der Waals surface area contributed by atoms with Crippen molar-refractivity contribution in [2.24, 2.45) is 29.4 Å². The second-order valence-corrected chi connectivity index (χ2v) is 35.2. The minimum atomic E-state index is -2.07. The molecule has 2 aliphatic heterocycles. The van der Waals surface area contributed by atoms with Crippen LogP contribution in [0.5, 0.6) is 5.75 Å². The number of quaternary nitrogens is 1. The monoisotopic (exact) mass is 1970 g/mol. The van der Waals surface area contributed by atoms with Crippen molar-refractivity contribution in [3.8, 4) is 5.75 Å². The number of likely N-dealkylation sites (tertiary alicyclic amines) is 1.